The zero-order valence-electron chi connectivity index (χ0n) is 15.2. The lowest BCUT2D eigenvalue weighted by Gasteiger charge is -2.24. The van der Waals surface area contributed by atoms with Gasteiger partial charge in [-0.1, -0.05) is 0 Å². The summed E-state index contributed by atoms with van der Waals surface area (Å²) in [5.74, 6) is -3.61. The van der Waals surface area contributed by atoms with Crippen LogP contribution in [0.1, 0.15) is 21.6 Å². The number of benzene rings is 1. The number of carboxylic acid groups (broad SMARTS) is 1. The standard InChI is InChI=1S/C18H15F3N2O7/c19-18(20,21)30-10-3-1-9(2-4-10)23-12-5-6-29-8-11(12)15(26)14(17(23)28)16(27)22-7-13(24)25/h1-4,26H,5-8H2,(H,22,27)(H,24,25). The molecule has 1 aromatic heterocycles. The maximum Gasteiger partial charge on any atom is 0.573 e. The molecule has 1 aromatic carbocycles. The highest BCUT2D eigenvalue weighted by Crippen LogP contribution is 2.30. The fourth-order valence-corrected chi connectivity index (χ4v) is 3.03. The lowest BCUT2D eigenvalue weighted by molar-refractivity contribution is -0.274. The van der Waals surface area contributed by atoms with Crippen LogP contribution in [0.5, 0.6) is 11.5 Å². The van der Waals surface area contributed by atoms with E-state index >= 15 is 0 Å². The molecule has 0 unspecified atom stereocenters. The zero-order valence-corrected chi connectivity index (χ0v) is 15.2. The number of aromatic nitrogens is 1. The van der Waals surface area contributed by atoms with Crippen LogP contribution in [0.2, 0.25) is 0 Å². The number of carbonyl (C=O) groups is 2. The van der Waals surface area contributed by atoms with Crippen molar-refractivity contribution in [3.05, 3.63) is 51.4 Å². The number of ether oxygens (including phenoxy) is 2. The van der Waals surface area contributed by atoms with Crippen molar-refractivity contribution in [1.82, 2.24) is 9.88 Å². The topological polar surface area (TPSA) is 127 Å². The molecule has 1 aliphatic rings. The van der Waals surface area contributed by atoms with Gasteiger partial charge in [0.05, 0.1) is 13.2 Å². The molecule has 0 saturated heterocycles. The van der Waals surface area contributed by atoms with Crippen molar-refractivity contribution in [2.24, 2.45) is 0 Å². The van der Waals surface area contributed by atoms with Crippen LogP contribution in [-0.2, 0) is 22.6 Å². The highest BCUT2D eigenvalue weighted by molar-refractivity contribution is 5.98. The van der Waals surface area contributed by atoms with Gasteiger partial charge in [0, 0.05) is 23.4 Å². The van der Waals surface area contributed by atoms with E-state index in [0.717, 1.165) is 16.7 Å². The van der Waals surface area contributed by atoms with Crippen molar-refractivity contribution in [3.63, 3.8) is 0 Å². The smallest absolute Gasteiger partial charge is 0.506 e. The van der Waals surface area contributed by atoms with E-state index in [2.05, 4.69) is 4.74 Å². The van der Waals surface area contributed by atoms with Crippen molar-refractivity contribution in [2.75, 3.05) is 13.2 Å². The van der Waals surface area contributed by atoms with Crippen LogP contribution in [0.3, 0.4) is 0 Å². The van der Waals surface area contributed by atoms with Gasteiger partial charge in [-0.3, -0.25) is 19.0 Å². The van der Waals surface area contributed by atoms with E-state index in [1.807, 2.05) is 5.32 Å². The molecule has 160 valence electrons. The molecule has 12 heteroatoms. The molecule has 0 spiro atoms. The van der Waals surface area contributed by atoms with E-state index in [9.17, 15) is 32.7 Å². The molecule has 3 rings (SSSR count). The summed E-state index contributed by atoms with van der Waals surface area (Å²) < 4.78 is 47.2. The Balaban J connectivity index is 2.12. The first-order chi connectivity index (χ1) is 14.1. The summed E-state index contributed by atoms with van der Waals surface area (Å²) in [6, 6.07) is 4.37. The van der Waals surface area contributed by atoms with Crippen LogP contribution >= 0.6 is 0 Å². The SMILES string of the molecule is O=C(O)CNC(=O)c1c(O)c2c(n(-c3ccc(OC(F)(F)F)cc3)c1=O)CCOC2. The highest BCUT2D eigenvalue weighted by Gasteiger charge is 2.31. The molecule has 2 heterocycles. The first-order valence-electron chi connectivity index (χ1n) is 8.52. The van der Waals surface area contributed by atoms with Gasteiger partial charge in [-0.25, -0.2) is 0 Å². The largest absolute Gasteiger partial charge is 0.573 e. The van der Waals surface area contributed by atoms with E-state index in [1.165, 1.54) is 12.1 Å². The number of amides is 1. The summed E-state index contributed by atoms with van der Waals surface area (Å²) in [5, 5.41) is 21.2. The third-order valence-corrected chi connectivity index (χ3v) is 4.24. The average Bonchev–Trinajstić information content (AvgIpc) is 2.66. The van der Waals surface area contributed by atoms with Crippen molar-refractivity contribution in [1.29, 1.82) is 0 Å². The van der Waals surface area contributed by atoms with E-state index in [-0.39, 0.29) is 30.9 Å². The van der Waals surface area contributed by atoms with E-state index in [1.54, 1.807) is 0 Å². The number of fused-ring (bicyclic) bond motifs is 1. The van der Waals surface area contributed by atoms with E-state index < -0.39 is 47.4 Å². The predicted molar refractivity (Wildman–Crippen MR) is 93.7 cm³/mol. The van der Waals surface area contributed by atoms with Crippen molar-refractivity contribution in [2.45, 2.75) is 19.4 Å². The van der Waals surface area contributed by atoms with Gasteiger partial charge in [0.25, 0.3) is 11.5 Å². The van der Waals surface area contributed by atoms with Crippen molar-refractivity contribution in [3.8, 4) is 17.2 Å². The maximum atomic E-state index is 13.0. The molecule has 0 radical (unpaired) electrons. The third-order valence-electron chi connectivity index (χ3n) is 4.24. The van der Waals surface area contributed by atoms with Gasteiger partial charge in [-0.05, 0) is 24.3 Å². The molecular formula is C18H15F3N2O7. The van der Waals surface area contributed by atoms with Gasteiger partial charge in [0.15, 0.2) is 0 Å². The zero-order chi connectivity index (χ0) is 22.1. The van der Waals surface area contributed by atoms with Crippen LogP contribution in [0.15, 0.2) is 29.1 Å². The Kier molecular flexibility index (Phi) is 5.69. The molecule has 0 bridgehead atoms. The summed E-state index contributed by atoms with van der Waals surface area (Å²) in [4.78, 5) is 36.0. The van der Waals surface area contributed by atoms with Gasteiger partial charge in [-0.15, -0.1) is 13.2 Å². The molecule has 0 aliphatic carbocycles. The minimum Gasteiger partial charge on any atom is -0.506 e. The number of nitrogens with one attached hydrogen (secondary N) is 1. The number of rotatable bonds is 5. The van der Waals surface area contributed by atoms with Crippen LogP contribution in [-0.4, -0.2) is 46.2 Å². The number of pyridine rings is 1. The van der Waals surface area contributed by atoms with E-state index in [4.69, 9.17) is 9.84 Å². The second-order valence-corrected chi connectivity index (χ2v) is 6.21. The quantitative estimate of drug-likeness (QED) is 0.656. The Morgan fingerprint density at radius 2 is 1.90 bits per heavy atom. The Hall–Kier alpha value is -3.54. The van der Waals surface area contributed by atoms with Gasteiger partial charge in [-0.2, -0.15) is 0 Å². The molecule has 3 N–H and O–H groups in total. The van der Waals surface area contributed by atoms with Crippen LogP contribution < -0.4 is 15.6 Å². The van der Waals surface area contributed by atoms with Gasteiger partial charge in [0.1, 0.15) is 23.6 Å². The second-order valence-electron chi connectivity index (χ2n) is 6.21. The molecule has 0 fully saturated rings. The van der Waals surface area contributed by atoms with Gasteiger partial charge >= 0.3 is 12.3 Å². The molecule has 2 aromatic rings. The summed E-state index contributed by atoms with van der Waals surface area (Å²) in [6.07, 6.45) is -4.70. The number of hydrogen-bond acceptors (Lipinski definition) is 6. The fraction of sp³-hybridized carbons (Fsp3) is 0.278. The molecule has 9 nitrogen and oxygen atoms in total. The Labute approximate surface area is 166 Å². The molecule has 30 heavy (non-hydrogen) atoms. The van der Waals surface area contributed by atoms with Gasteiger partial charge < -0.3 is 25.0 Å². The van der Waals surface area contributed by atoms with Crippen molar-refractivity contribution < 1.29 is 42.4 Å². The average molecular weight is 428 g/mol. The highest BCUT2D eigenvalue weighted by atomic mass is 19.4. The number of halogens is 3. The predicted octanol–water partition coefficient (Wildman–Crippen LogP) is 1.33. The molecular weight excluding hydrogens is 413 g/mol. The van der Waals surface area contributed by atoms with Crippen LogP contribution in [0, 0.1) is 0 Å². The number of carboxylic acids is 1. The second kappa shape index (κ2) is 8.06. The monoisotopic (exact) mass is 428 g/mol. The lowest BCUT2D eigenvalue weighted by Crippen LogP contribution is -2.37. The normalized spacial score (nSPS) is 13.4. The minimum absolute atomic E-state index is 0.115. The summed E-state index contributed by atoms with van der Waals surface area (Å²) in [5.41, 5.74) is -1.06. The first-order valence-corrected chi connectivity index (χ1v) is 8.52. The summed E-state index contributed by atoms with van der Waals surface area (Å²) in [7, 11) is 0. The van der Waals surface area contributed by atoms with E-state index in [0.29, 0.717) is 5.69 Å². The maximum absolute atomic E-state index is 13.0. The number of alkyl halides is 3. The number of aromatic hydroxyl groups is 1. The first kappa shape index (κ1) is 21.2. The molecule has 0 atom stereocenters. The summed E-state index contributed by atoms with van der Waals surface area (Å²) in [6.45, 7) is -0.684. The number of aliphatic carboxylic acids is 1. The number of hydrogen-bond donors (Lipinski definition) is 3. The van der Waals surface area contributed by atoms with Crippen LogP contribution in [0.25, 0.3) is 5.69 Å². The summed E-state index contributed by atoms with van der Waals surface area (Å²) >= 11 is 0. The lowest BCUT2D eigenvalue weighted by atomic mass is 10.0. The fourth-order valence-electron chi connectivity index (χ4n) is 3.03. The van der Waals surface area contributed by atoms with Crippen LogP contribution in [0.4, 0.5) is 13.2 Å². The third kappa shape index (κ3) is 4.38. The molecule has 0 saturated carbocycles. The number of nitrogens with zero attached hydrogens (tertiary/aromatic N) is 1. The van der Waals surface area contributed by atoms with Crippen molar-refractivity contribution >= 4 is 11.9 Å². The Bertz CT molecular complexity index is 1050. The Morgan fingerprint density at radius 1 is 1.23 bits per heavy atom. The molecule has 1 amide bonds. The minimum atomic E-state index is -4.89. The Morgan fingerprint density at radius 3 is 2.50 bits per heavy atom. The van der Waals surface area contributed by atoms with Gasteiger partial charge in [0.2, 0.25) is 0 Å². The molecule has 1 aliphatic heterocycles. The number of carbonyl (C=O) groups excluding carboxylic acids is 1.